The van der Waals surface area contributed by atoms with Crippen LogP contribution in [-0.4, -0.2) is 51.6 Å². The van der Waals surface area contributed by atoms with E-state index in [0.29, 0.717) is 45.3 Å². The van der Waals surface area contributed by atoms with Crippen molar-refractivity contribution in [2.24, 2.45) is 0 Å². The number of anilines is 12. The predicted molar refractivity (Wildman–Crippen MR) is 586 cm³/mol. The first-order chi connectivity index (χ1) is 68.3. The summed E-state index contributed by atoms with van der Waals surface area (Å²) in [5, 5.41) is 18.0. The lowest BCUT2D eigenvalue weighted by molar-refractivity contribution is -0.112. The zero-order valence-corrected chi connectivity index (χ0v) is 80.6. The first-order valence-electron chi connectivity index (χ1n) is 46.8. The molecule has 0 saturated carbocycles. The van der Waals surface area contributed by atoms with Gasteiger partial charge in [-0.25, -0.2) is 0 Å². The maximum Gasteiger partial charge on any atom is 0.163 e. The maximum atomic E-state index is 12.6. The topological polar surface area (TPSA) is 118 Å². The monoisotopic (exact) mass is 1830 g/mol. The van der Waals surface area contributed by atoms with Crippen LogP contribution in [0.25, 0.3) is 108 Å². The zero-order valence-electron chi connectivity index (χ0n) is 80.6. The van der Waals surface area contributed by atoms with E-state index in [1.54, 1.807) is 56.1 Å². The van der Waals surface area contributed by atoms with Gasteiger partial charge < -0.3 is 38.5 Å². The van der Waals surface area contributed by atoms with Gasteiger partial charge in [-0.3, -0.25) is 19.2 Å². The van der Waals surface area contributed by atoms with Gasteiger partial charge in [0.15, 0.2) is 23.1 Å². The third-order valence-electron chi connectivity index (χ3n) is 25.7. The minimum absolute atomic E-state index is 0.00784. The Morgan fingerprint density at radius 2 is 0.414 bits per heavy atom. The molecule has 0 aliphatic heterocycles. The second-order valence-corrected chi connectivity index (χ2v) is 34.3. The number of fused-ring (bicyclic) bond motifs is 8. The highest BCUT2D eigenvalue weighted by atomic mass is 16.5. The number of benzene rings is 20. The van der Waals surface area contributed by atoms with E-state index >= 15 is 0 Å². The first-order valence-corrected chi connectivity index (χ1v) is 46.8. The summed E-state index contributed by atoms with van der Waals surface area (Å²) in [5.74, 6) is 2.42. The molecule has 12 nitrogen and oxygen atoms in total. The number of carbonyl (C=O) groups is 4. The van der Waals surface area contributed by atoms with Crippen LogP contribution >= 0.6 is 0 Å². The van der Waals surface area contributed by atoms with Gasteiger partial charge in [-0.05, 0) is 253 Å². The molecule has 0 fully saturated rings. The van der Waals surface area contributed by atoms with Gasteiger partial charge in [0.05, 0.1) is 84.9 Å². The summed E-state index contributed by atoms with van der Waals surface area (Å²) in [5.41, 5.74) is 18.9. The molecule has 0 atom stereocenters. The Bertz CT molecular complexity index is 7970. The van der Waals surface area contributed by atoms with Crippen molar-refractivity contribution in [3.05, 3.63) is 482 Å². The van der Waals surface area contributed by atoms with Gasteiger partial charge in [-0.15, -0.1) is 0 Å². The second kappa shape index (κ2) is 43.0. The van der Waals surface area contributed by atoms with Gasteiger partial charge in [-0.2, -0.15) is 0 Å². The molecule has 20 aromatic carbocycles. The molecule has 0 unspecified atom stereocenters. The number of carbonyl (C=O) groups excluding carboxylic acids is 4. The normalized spacial score (nSPS) is 11.9. The Kier molecular flexibility index (Phi) is 29.0. The Morgan fingerprint density at radius 3 is 0.793 bits per heavy atom. The van der Waals surface area contributed by atoms with Crippen LogP contribution in [-0.2, 0) is 38.1 Å². The summed E-state index contributed by atoms with van der Waals surface area (Å²) in [6, 6.07) is 151. The highest BCUT2D eigenvalue weighted by Gasteiger charge is 2.27. The van der Waals surface area contributed by atoms with E-state index in [2.05, 4.69) is 390 Å². The minimum atomic E-state index is -0.0174. The average molecular weight is 1830 g/mol. The number of para-hydroxylation sites is 4. The van der Waals surface area contributed by atoms with E-state index in [0.717, 1.165) is 134 Å². The summed E-state index contributed by atoms with van der Waals surface area (Å²) >= 11 is 0. The Balaban J connectivity index is 0.000000129. The molecule has 0 amide bonds. The van der Waals surface area contributed by atoms with Crippen molar-refractivity contribution in [1.82, 2.24) is 0 Å². The lowest BCUT2D eigenvalue weighted by Crippen LogP contribution is -2.11. The smallest absolute Gasteiger partial charge is 0.163 e. The van der Waals surface area contributed by atoms with E-state index in [1.807, 2.05) is 94.4 Å². The van der Waals surface area contributed by atoms with Crippen molar-refractivity contribution in [1.29, 1.82) is 0 Å². The van der Waals surface area contributed by atoms with E-state index in [1.165, 1.54) is 43.1 Å². The molecular weight excluding hydrogens is 1720 g/mol. The first kappa shape index (κ1) is 94.3. The molecule has 0 bridgehead atoms. The summed E-state index contributed by atoms with van der Waals surface area (Å²) in [6.45, 7) is 13.7. The molecule has 0 saturated heterocycles. The third kappa shape index (κ3) is 19.8. The summed E-state index contributed by atoms with van der Waals surface area (Å²) in [7, 11) is 6.40. The van der Waals surface area contributed by atoms with Crippen molar-refractivity contribution in [2.75, 3.05) is 48.0 Å². The molecular formula is C128H108N4O8. The highest BCUT2D eigenvalue weighted by Crippen LogP contribution is 2.49. The van der Waals surface area contributed by atoms with E-state index in [-0.39, 0.29) is 23.1 Å². The number of methoxy groups -OCH3 is 4. The standard InChI is InChI=1S/4C32H27NO2/c1-22(34)32(23(2)35-3)29-19-10-18-28-27(29)17-11-21-31(28)33(25-14-5-4-6-15-25)30-20-9-13-24-12-7-8-16-26(24)30;1-22(34)32(23(2)35-3)29-20-21-31(28-18-10-9-17-27(28)29)33(25-14-5-4-6-15-25)30-19-11-13-24-12-7-8-16-26(24)30;1-22(34)32(23(2)35-3)26-17-16-24-18-19-29(21-27(24)20-26)33(28-12-5-4-6-13-28)31-15-9-11-25-10-7-8-14-30(25)31;1-22(34)32(23(2)35-3)27-17-16-26-21-29(19-18-25(26)20-27)33(28-12-5-4-6-13-28)31-15-9-11-24-10-7-8-14-30(24)31/h4*4-21H,1-3H3/b4*32-23+. The van der Waals surface area contributed by atoms with E-state index < -0.39 is 0 Å². The summed E-state index contributed by atoms with van der Waals surface area (Å²) in [6.07, 6.45) is 0. The number of rotatable bonds is 24. The minimum Gasteiger partial charge on any atom is -0.501 e. The molecule has 688 valence electrons. The quantitative estimate of drug-likeness (QED) is 0.0423. The number of allylic oxidation sites excluding steroid dienone is 8. The van der Waals surface area contributed by atoms with Crippen LogP contribution in [0.15, 0.2) is 460 Å². The zero-order chi connectivity index (χ0) is 97.5. The third-order valence-corrected chi connectivity index (χ3v) is 25.7. The lowest BCUT2D eigenvalue weighted by Gasteiger charge is -2.28. The number of Topliss-reactive ketones (excluding diaryl/α,β-unsaturated/α-hetero) is 4. The molecule has 0 aliphatic carbocycles. The van der Waals surface area contributed by atoms with E-state index in [4.69, 9.17) is 18.9 Å². The van der Waals surface area contributed by atoms with Gasteiger partial charge >= 0.3 is 0 Å². The predicted octanol–water partition coefficient (Wildman–Crippen LogP) is 33.7. The maximum absolute atomic E-state index is 12.6. The molecule has 0 aliphatic rings. The van der Waals surface area contributed by atoms with Gasteiger partial charge in [0.1, 0.15) is 23.0 Å². The molecule has 0 aromatic heterocycles. The van der Waals surface area contributed by atoms with Gasteiger partial charge in [-0.1, -0.05) is 315 Å². The number of hydrogen-bond donors (Lipinski definition) is 0. The van der Waals surface area contributed by atoms with Gasteiger partial charge in [0.25, 0.3) is 0 Å². The van der Waals surface area contributed by atoms with Crippen LogP contribution in [0.3, 0.4) is 0 Å². The largest absolute Gasteiger partial charge is 0.501 e. The van der Waals surface area contributed by atoms with Crippen LogP contribution < -0.4 is 19.6 Å². The highest BCUT2D eigenvalue weighted by molar-refractivity contribution is 6.26. The number of nitrogens with zero attached hydrogens (tertiary/aromatic N) is 4. The van der Waals surface area contributed by atoms with Crippen LogP contribution in [0.2, 0.25) is 0 Å². The molecule has 20 rings (SSSR count). The molecule has 0 spiro atoms. The fourth-order valence-electron chi connectivity index (χ4n) is 19.0. The molecule has 140 heavy (non-hydrogen) atoms. The molecule has 0 heterocycles. The van der Waals surface area contributed by atoms with Crippen molar-refractivity contribution in [3.8, 4) is 0 Å². The molecule has 12 heteroatoms. The Morgan fingerprint density at radius 1 is 0.171 bits per heavy atom. The van der Waals surface area contributed by atoms with Crippen molar-refractivity contribution in [2.45, 2.75) is 55.4 Å². The molecule has 0 N–H and O–H groups in total. The fourth-order valence-corrected chi connectivity index (χ4v) is 19.0. The second-order valence-electron chi connectivity index (χ2n) is 34.3. The van der Waals surface area contributed by atoms with Crippen LogP contribution in [0, 0.1) is 0 Å². The molecule has 0 radical (unpaired) electrons. The van der Waals surface area contributed by atoms with E-state index in [9.17, 15) is 19.2 Å². The average Bonchev–Trinajstić information content (AvgIpc) is 0.806. The number of ether oxygens (including phenoxy) is 4. The molecule has 20 aromatic rings. The summed E-state index contributed by atoms with van der Waals surface area (Å²) in [4.78, 5) is 59.2. The summed E-state index contributed by atoms with van der Waals surface area (Å²) < 4.78 is 21.8. The van der Waals surface area contributed by atoms with Gasteiger partial charge in [0.2, 0.25) is 0 Å². The number of ketones is 4. The Hall–Kier alpha value is -17.5. The lowest BCUT2D eigenvalue weighted by atomic mass is 9.93. The van der Waals surface area contributed by atoms with Crippen molar-refractivity contribution >= 4 is 200 Å². The Labute approximate surface area is 818 Å². The SMILES string of the molecule is CO/C(C)=C(\C(C)=O)c1ccc(N(c2ccccc2)c2cccc3ccccc23)c2ccccc12.CO/C(C)=C(\C(C)=O)c1ccc2cc(N(c3ccccc3)c3cccc4ccccc34)ccc2c1.CO/C(C)=C(\C(C)=O)c1ccc2ccc(N(c3ccccc3)c3cccc4ccccc34)cc2c1.CO/C(C)=C(\C(C)=O)c1cccc2c(N(c3ccccc3)c3cccc4ccccc34)cccc12. The fraction of sp³-hybridized carbons (Fsp3) is 0.0938. The van der Waals surface area contributed by atoms with Gasteiger partial charge in [0, 0.05) is 66.4 Å². The van der Waals surface area contributed by atoms with Crippen LogP contribution in [0.4, 0.5) is 68.2 Å². The van der Waals surface area contributed by atoms with Crippen LogP contribution in [0.1, 0.15) is 77.6 Å². The van der Waals surface area contributed by atoms with Crippen molar-refractivity contribution < 1.29 is 38.1 Å². The number of hydrogen-bond acceptors (Lipinski definition) is 12. The van der Waals surface area contributed by atoms with Crippen LogP contribution in [0.5, 0.6) is 0 Å². The van der Waals surface area contributed by atoms with Crippen molar-refractivity contribution in [3.63, 3.8) is 0 Å².